The molecule has 0 N–H and O–H groups in total. The van der Waals surface area contributed by atoms with E-state index in [1.54, 1.807) is 12.1 Å². The van der Waals surface area contributed by atoms with Gasteiger partial charge in [-0.15, -0.1) is 0 Å². The van der Waals surface area contributed by atoms with E-state index in [9.17, 15) is 4.39 Å². The molecule has 1 heterocycles. The summed E-state index contributed by atoms with van der Waals surface area (Å²) >= 11 is 0. The summed E-state index contributed by atoms with van der Waals surface area (Å²) in [7, 11) is 0. The normalized spacial score (nSPS) is 10.2. The van der Waals surface area contributed by atoms with Gasteiger partial charge in [-0.3, -0.25) is 0 Å². The van der Waals surface area contributed by atoms with Crippen LogP contribution < -0.4 is 4.74 Å². The fourth-order valence-electron chi connectivity index (χ4n) is 1.32. The van der Waals surface area contributed by atoms with Crippen LogP contribution in [0.15, 0.2) is 48.8 Å². The first kappa shape index (κ1) is 9.77. The maximum absolute atomic E-state index is 12.6. The monoisotopic (exact) mass is 205 g/mol. The van der Waals surface area contributed by atoms with Crippen LogP contribution in [0.3, 0.4) is 0 Å². The number of ether oxygens (including phenoxy) is 1. The second-order valence-electron chi connectivity index (χ2n) is 3.22. The first-order chi connectivity index (χ1) is 7.34. The zero-order chi connectivity index (χ0) is 10.5. The van der Waals surface area contributed by atoms with Gasteiger partial charge in [0.05, 0.1) is 6.54 Å². The van der Waals surface area contributed by atoms with Gasteiger partial charge in [-0.1, -0.05) is 0 Å². The fraction of sp³-hybridized carbons (Fsp3) is 0.167. The molecular formula is C12H12FNO. The van der Waals surface area contributed by atoms with Crippen LogP contribution in [0.2, 0.25) is 0 Å². The van der Waals surface area contributed by atoms with E-state index in [1.165, 1.54) is 12.1 Å². The smallest absolute Gasteiger partial charge is 0.123 e. The summed E-state index contributed by atoms with van der Waals surface area (Å²) in [5.74, 6) is 0.455. The number of aromatic nitrogens is 1. The lowest BCUT2D eigenvalue weighted by molar-refractivity contribution is 0.298. The van der Waals surface area contributed by atoms with E-state index >= 15 is 0 Å². The van der Waals surface area contributed by atoms with Crippen LogP contribution in [0, 0.1) is 5.82 Å². The van der Waals surface area contributed by atoms with Gasteiger partial charge in [-0.2, -0.15) is 0 Å². The highest BCUT2D eigenvalue weighted by atomic mass is 19.1. The van der Waals surface area contributed by atoms with Crippen LogP contribution in [0.5, 0.6) is 5.75 Å². The van der Waals surface area contributed by atoms with E-state index in [4.69, 9.17) is 4.74 Å². The van der Waals surface area contributed by atoms with Crippen molar-refractivity contribution in [2.45, 2.75) is 6.54 Å². The SMILES string of the molecule is Fc1ccc(OCCn2cccc2)cc1. The Balaban J connectivity index is 1.81. The molecule has 0 aliphatic rings. The minimum Gasteiger partial charge on any atom is -0.492 e. The molecule has 0 bridgehead atoms. The van der Waals surface area contributed by atoms with Gasteiger partial charge in [0.1, 0.15) is 18.2 Å². The minimum atomic E-state index is -0.243. The number of nitrogens with zero attached hydrogens (tertiary/aromatic N) is 1. The molecule has 0 aliphatic heterocycles. The summed E-state index contributed by atoms with van der Waals surface area (Å²) in [6, 6.07) is 9.99. The molecule has 0 fully saturated rings. The molecule has 0 saturated heterocycles. The summed E-state index contributed by atoms with van der Waals surface area (Å²) in [5.41, 5.74) is 0. The molecular weight excluding hydrogens is 193 g/mol. The van der Waals surface area contributed by atoms with Gasteiger partial charge < -0.3 is 9.30 Å². The van der Waals surface area contributed by atoms with Gasteiger partial charge in [0.25, 0.3) is 0 Å². The Bertz CT molecular complexity index is 394. The summed E-state index contributed by atoms with van der Waals surface area (Å²) in [4.78, 5) is 0. The standard InChI is InChI=1S/C12H12FNO/c13-11-3-5-12(6-4-11)15-10-9-14-7-1-2-8-14/h1-8H,9-10H2. The van der Waals surface area contributed by atoms with Crippen molar-refractivity contribution in [1.82, 2.24) is 4.57 Å². The quantitative estimate of drug-likeness (QED) is 0.748. The molecule has 0 amide bonds. The van der Waals surface area contributed by atoms with Crippen molar-refractivity contribution in [3.8, 4) is 5.75 Å². The first-order valence-electron chi connectivity index (χ1n) is 4.84. The van der Waals surface area contributed by atoms with E-state index in [-0.39, 0.29) is 5.82 Å². The molecule has 3 heteroatoms. The highest BCUT2D eigenvalue weighted by molar-refractivity contribution is 5.21. The summed E-state index contributed by atoms with van der Waals surface area (Å²) in [6.45, 7) is 1.38. The van der Waals surface area contributed by atoms with E-state index in [0.29, 0.717) is 12.4 Å². The van der Waals surface area contributed by atoms with Gasteiger partial charge in [0.2, 0.25) is 0 Å². The molecule has 0 aliphatic carbocycles. The van der Waals surface area contributed by atoms with E-state index in [0.717, 1.165) is 6.54 Å². The first-order valence-corrected chi connectivity index (χ1v) is 4.84. The van der Waals surface area contributed by atoms with E-state index in [2.05, 4.69) is 0 Å². The predicted molar refractivity (Wildman–Crippen MR) is 56.3 cm³/mol. The zero-order valence-electron chi connectivity index (χ0n) is 8.27. The van der Waals surface area contributed by atoms with E-state index in [1.807, 2.05) is 29.1 Å². The lowest BCUT2D eigenvalue weighted by Crippen LogP contribution is -2.06. The highest BCUT2D eigenvalue weighted by Gasteiger charge is 1.94. The van der Waals surface area contributed by atoms with E-state index < -0.39 is 0 Å². The largest absolute Gasteiger partial charge is 0.492 e. The zero-order valence-corrected chi connectivity index (χ0v) is 8.27. The molecule has 2 nitrogen and oxygen atoms in total. The Hall–Kier alpha value is -1.77. The summed E-state index contributed by atoms with van der Waals surface area (Å²) in [5, 5.41) is 0. The van der Waals surface area contributed by atoms with Gasteiger partial charge in [0, 0.05) is 12.4 Å². The third-order valence-corrected chi connectivity index (χ3v) is 2.10. The van der Waals surface area contributed by atoms with Crippen LogP contribution in [-0.2, 0) is 6.54 Å². The number of hydrogen-bond acceptors (Lipinski definition) is 1. The lowest BCUT2D eigenvalue weighted by atomic mass is 10.3. The molecule has 0 spiro atoms. The number of hydrogen-bond donors (Lipinski definition) is 0. The maximum Gasteiger partial charge on any atom is 0.123 e. The van der Waals surface area contributed by atoms with Crippen LogP contribution in [0.25, 0.3) is 0 Å². The van der Waals surface area contributed by atoms with Crippen LogP contribution >= 0.6 is 0 Å². The Morgan fingerprint density at radius 2 is 1.73 bits per heavy atom. The molecule has 78 valence electrons. The average Bonchev–Trinajstić information content (AvgIpc) is 2.74. The van der Waals surface area contributed by atoms with Crippen LogP contribution in [0.4, 0.5) is 4.39 Å². The molecule has 1 aromatic heterocycles. The highest BCUT2D eigenvalue weighted by Crippen LogP contribution is 2.10. The molecule has 2 rings (SSSR count). The third kappa shape index (κ3) is 2.84. The van der Waals surface area contributed by atoms with Gasteiger partial charge in [0.15, 0.2) is 0 Å². The van der Waals surface area contributed by atoms with Crippen molar-refractivity contribution >= 4 is 0 Å². The van der Waals surface area contributed by atoms with Crippen molar-refractivity contribution in [3.05, 3.63) is 54.6 Å². The molecule has 0 saturated carbocycles. The topological polar surface area (TPSA) is 14.2 Å². The van der Waals surface area contributed by atoms with Crippen LogP contribution in [0.1, 0.15) is 0 Å². The maximum atomic E-state index is 12.6. The summed E-state index contributed by atoms with van der Waals surface area (Å²) < 4.78 is 20.1. The Morgan fingerprint density at radius 3 is 2.40 bits per heavy atom. The van der Waals surface area contributed by atoms with Crippen LogP contribution in [-0.4, -0.2) is 11.2 Å². The fourth-order valence-corrected chi connectivity index (χ4v) is 1.32. The van der Waals surface area contributed by atoms with Crippen molar-refractivity contribution < 1.29 is 9.13 Å². The van der Waals surface area contributed by atoms with Gasteiger partial charge in [-0.05, 0) is 36.4 Å². The number of benzene rings is 1. The second-order valence-corrected chi connectivity index (χ2v) is 3.22. The van der Waals surface area contributed by atoms with Gasteiger partial charge in [-0.25, -0.2) is 4.39 Å². The molecule has 1 aromatic carbocycles. The van der Waals surface area contributed by atoms with Gasteiger partial charge >= 0.3 is 0 Å². The minimum absolute atomic E-state index is 0.243. The molecule has 2 aromatic rings. The Labute approximate surface area is 87.9 Å². The van der Waals surface area contributed by atoms with Crippen molar-refractivity contribution in [2.75, 3.05) is 6.61 Å². The predicted octanol–water partition coefficient (Wildman–Crippen LogP) is 2.71. The number of halogens is 1. The van der Waals surface area contributed by atoms with Crippen molar-refractivity contribution in [2.24, 2.45) is 0 Å². The Morgan fingerprint density at radius 1 is 1.07 bits per heavy atom. The summed E-state index contributed by atoms with van der Waals surface area (Å²) in [6.07, 6.45) is 3.96. The average molecular weight is 205 g/mol. The molecule has 0 atom stereocenters. The molecule has 0 unspecified atom stereocenters. The number of rotatable bonds is 4. The molecule has 0 radical (unpaired) electrons. The third-order valence-electron chi connectivity index (χ3n) is 2.10. The lowest BCUT2D eigenvalue weighted by Gasteiger charge is -2.06. The van der Waals surface area contributed by atoms with Crippen molar-refractivity contribution in [3.63, 3.8) is 0 Å². The molecule has 15 heavy (non-hydrogen) atoms. The van der Waals surface area contributed by atoms with Crippen molar-refractivity contribution in [1.29, 1.82) is 0 Å². The second kappa shape index (κ2) is 4.64. The Kier molecular flexibility index (Phi) is 3.02.